The first-order chi connectivity index (χ1) is 15.0. The minimum Gasteiger partial charge on any atom is -0.338 e. The van der Waals surface area contributed by atoms with Gasteiger partial charge in [-0.1, -0.05) is 12.1 Å². The average Bonchev–Trinajstić information content (AvgIpc) is 3.50. The van der Waals surface area contributed by atoms with Crippen LogP contribution in [-0.4, -0.2) is 76.8 Å². The summed E-state index contributed by atoms with van der Waals surface area (Å²) in [5.74, 6) is 0.101. The second-order valence-electron chi connectivity index (χ2n) is 9.56. The number of likely N-dealkylation sites (tertiary alicyclic amines) is 2. The highest BCUT2D eigenvalue weighted by atomic mass is 16.2. The third-order valence-corrected chi connectivity index (χ3v) is 7.66. The van der Waals surface area contributed by atoms with Crippen LogP contribution in [0.3, 0.4) is 0 Å². The van der Waals surface area contributed by atoms with Crippen molar-refractivity contribution in [2.24, 2.45) is 0 Å². The van der Waals surface area contributed by atoms with Crippen LogP contribution in [0.15, 0.2) is 24.3 Å². The van der Waals surface area contributed by atoms with Crippen LogP contribution in [0.1, 0.15) is 62.2 Å². The van der Waals surface area contributed by atoms with Gasteiger partial charge in [-0.05, 0) is 64.3 Å². The van der Waals surface area contributed by atoms with E-state index in [1.165, 1.54) is 12.8 Å². The van der Waals surface area contributed by atoms with Gasteiger partial charge >= 0.3 is 0 Å². The Morgan fingerprint density at radius 2 is 1.87 bits per heavy atom. The number of nitrogens with zero attached hydrogens (tertiary/aromatic N) is 4. The summed E-state index contributed by atoms with van der Waals surface area (Å²) < 4.78 is 0. The van der Waals surface area contributed by atoms with E-state index in [0.717, 1.165) is 39.0 Å². The van der Waals surface area contributed by atoms with Gasteiger partial charge in [-0.15, -0.1) is 0 Å². The predicted octanol–water partition coefficient (Wildman–Crippen LogP) is 2.46. The number of hydrogen-bond acceptors (Lipinski definition) is 4. The van der Waals surface area contributed by atoms with Gasteiger partial charge in [0.05, 0.1) is 11.3 Å². The van der Waals surface area contributed by atoms with Crippen LogP contribution in [0.25, 0.3) is 0 Å². The lowest BCUT2D eigenvalue weighted by atomic mass is 9.98. The first-order valence-electron chi connectivity index (χ1n) is 11.7. The smallest absolute Gasteiger partial charge is 0.257 e. The molecule has 4 aliphatic heterocycles. The quantitative estimate of drug-likeness (QED) is 0.729. The van der Waals surface area contributed by atoms with Crippen LogP contribution in [0.5, 0.6) is 0 Å². The molecular formula is C24H32N4O3. The molecule has 1 aromatic rings. The number of fused-ring (bicyclic) bond motifs is 3. The fourth-order valence-electron chi connectivity index (χ4n) is 6.01. The number of hydrogen-bond donors (Lipinski definition) is 0. The summed E-state index contributed by atoms with van der Waals surface area (Å²) in [6.45, 7) is 6.38. The minimum absolute atomic E-state index is 0.0454. The molecule has 3 amide bonds. The number of carbonyl (C=O) groups is 3. The lowest BCUT2D eigenvalue weighted by molar-refractivity contribution is -0.132. The molecule has 4 heterocycles. The van der Waals surface area contributed by atoms with Gasteiger partial charge in [0.1, 0.15) is 5.66 Å². The van der Waals surface area contributed by atoms with E-state index in [4.69, 9.17) is 0 Å². The highest BCUT2D eigenvalue weighted by molar-refractivity contribution is 6.10. The Bertz CT molecular complexity index is 897. The summed E-state index contributed by atoms with van der Waals surface area (Å²) >= 11 is 0. The number of carbonyl (C=O) groups excluding carboxylic acids is 3. The van der Waals surface area contributed by atoms with E-state index in [2.05, 4.69) is 4.90 Å². The zero-order valence-corrected chi connectivity index (χ0v) is 18.4. The third-order valence-electron chi connectivity index (χ3n) is 7.66. The van der Waals surface area contributed by atoms with Crippen molar-refractivity contribution in [2.45, 2.75) is 63.6 Å². The van der Waals surface area contributed by atoms with Gasteiger partial charge in [-0.2, -0.15) is 0 Å². The van der Waals surface area contributed by atoms with Gasteiger partial charge in [0, 0.05) is 38.5 Å². The summed E-state index contributed by atoms with van der Waals surface area (Å²) in [5, 5.41) is 0. The highest BCUT2D eigenvalue weighted by Gasteiger charge is 2.53. The Labute approximate surface area is 184 Å². The Morgan fingerprint density at radius 1 is 1.10 bits per heavy atom. The Kier molecular flexibility index (Phi) is 5.24. The predicted molar refractivity (Wildman–Crippen MR) is 118 cm³/mol. The van der Waals surface area contributed by atoms with Gasteiger partial charge in [-0.25, -0.2) is 0 Å². The summed E-state index contributed by atoms with van der Waals surface area (Å²) in [7, 11) is 0. The summed E-state index contributed by atoms with van der Waals surface area (Å²) in [6.07, 6.45) is 5.97. The molecule has 0 saturated carbocycles. The van der Waals surface area contributed by atoms with Crippen molar-refractivity contribution in [3.05, 3.63) is 29.8 Å². The monoisotopic (exact) mass is 424 g/mol. The maximum atomic E-state index is 13.4. The second-order valence-corrected chi connectivity index (χ2v) is 9.56. The number of benzene rings is 1. The van der Waals surface area contributed by atoms with Crippen LogP contribution in [0.2, 0.25) is 0 Å². The maximum Gasteiger partial charge on any atom is 0.257 e. The number of para-hydroxylation sites is 1. The molecule has 166 valence electrons. The van der Waals surface area contributed by atoms with E-state index in [1.807, 2.05) is 30.0 Å². The van der Waals surface area contributed by atoms with E-state index >= 15 is 0 Å². The van der Waals surface area contributed by atoms with Crippen LogP contribution < -0.4 is 4.90 Å². The van der Waals surface area contributed by atoms with Crippen LogP contribution >= 0.6 is 0 Å². The molecule has 31 heavy (non-hydrogen) atoms. The van der Waals surface area contributed by atoms with Crippen molar-refractivity contribution < 1.29 is 14.4 Å². The lowest BCUT2D eigenvalue weighted by Gasteiger charge is -2.48. The fraction of sp³-hybridized carbons (Fsp3) is 0.625. The zero-order valence-electron chi connectivity index (χ0n) is 18.4. The molecule has 1 aromatic carbocycles. The SMILES string of the molecule is CC12CCC(=O)N1c1ccccc1C(=O)N2CCC(=O)N1CCCC1CN1CCCC1. The summed E-state index contributed by atoms with van der Waals surface area (Å²) in [5.41, 5.74) is 0.559. The van der Waals surface area contributed by atoms with Crippen molar-refractivity contribution in [1.82, 2.24) is 14.7 Å². The van der Waals surface area contributed by atoms with Gasteiger partial charge in [0.25, 0.3) is 5.91 Å². The van der Waals surface area contributed by atoms with E-state index in [1.54, 1.807) is 15.9 Å². The van der Waals surface area contributed by atoms with Crippen molar-refractivity contribution in [3.8, 4) is 0 Å². The first-order valence-corrected chi connectivity index (χ1v) is 11.7. The zero-order chi connectivity index (χ0) is 21.6. The Balaban J connectivity index is 1.31. The van der Waals surface area contributed by atoms with E-state index in [9.17, 15) is 14.4 Å². The molecule has 3 fully saturated rings. The topological polar surface area (TPSA) is 64.2 Å². The van der Waals surface area contributed by atoms with Gasteiger partial charge < -0.3 is 14.7 Å². The minimum atomic E-state index is -0.692. The third kappa shape index (κ3) is 3.43. The molecule has 7 heteroatoms. The number of amides is 3. The number of anilines is 1. The van der Waals surface area contributed by atoms with Crippen molar-refractivity contribution in [2.75, 3.05) is 37.6 Å². The second kappa shape index (κ2) is 7.93. The number of rotatable bonds is 5. The summed E-state index contributed by atoms with van der Waals surface area (Å²) in [4.78, 5) is 47.3. The fourth-order valence-corrected chi connectivity index (χ4v) is 6.01. The molecule has 7 nitrogen and oxygen atoms in total. The molecule has 0 aromatic heterocycles. The Hall–Kier alpha value is -2.41. The average molecular weight is 425 g/mol. The molecule has 0 N–H and O–H groups in total. The van der Waals surface area contributed by atoms with Crippen molar-refractivity contribution in [1.29, 1.82) is 0 Å². The molecule has 0 spiro atoms. The standard InChI is InChI=1S/C24H32N4O3/c1-24-12-10-22(30)28(24)20-9-3-2-8-19(20)23(31)27(24)16-11-21(29)26-15-6-7-18(26)17-25-13-4-5-14-25/h2-3,8-9,18H,4-7,10-17H2,1H3. The normalized spacial score (nSPS) is 28.4. The molecule has 0 radical (unpaired) electrons. The molecule has 3 saturated heterocycles. The maximum absolute atomic E-state index is 13.4. The molecule has 5 rings (SSSR count). The van der Waals surface area contributed by atoms with E-state index in [0.29, 0.717) is 43.1 Å². The molecule has 2 unspecified atom stereocenters. The molecule has 0 aliphatic carbocycles. The molecular weight excluding hydrogens is 392 g/mol. The van der Waals surface area contributed by atoms with Crippen LogP contribution in [-0.2, 0) is 9.59 Å². The highest BCUT2D eigenvalue weighted by Crippen LogP contribution is 2.44. The van der Waals surface area contributed by atoms with E-state index < -0.39 is 5.66 Å². The van der Waals surface area contributed by atoms with Gasteiger partial charge in [0.15, 0.2) is 0 Å². The molecule has 4 aliphatic rings. The Morgan fingerprint density at radius 3 is 2.68 bits per heavy atom. The van der Waals surface area contributed by atoms with Crippen molar-refractivity contribution >= 4 is 23.4 Å². The molecule has 2 atom stereocenters. The van der Waals surface area contributed by atoms with E-state index in [-0.39, 0.29) is 17.7 Å². The lowest BCUT2D eigenvalue weighted by Crippen LogP contribution is -2.62. The van der Waals surface area contributed by atoms with Crippen molar-refractivity contribution in [3.63, 3.8) is 0 Å². The van der Waals surface area contributed by atoms with Gasteiger partial charge in [-0.3, -0.25) is 19.3 Å². The summed E-state index contributed by atoms with van der Waals surface area (Å²) in [6, 6.07) is 7.62. The van der Waals surface area contributed by atoms with Gasteiger partial charge in [0.2, 0.25) is 11.8 Å². The largest absolute Gasteiger partial charge is 0.338 e. The van der Waals surface area contributed by atoms with Crippen LogP contribution in [0, 0.1) is 0 Å². The molecule has 0 bridgehead atoms. The van der Waals surface area contributed by atoms with Crippen LogP contribution in [0.4, 0.5) is 5.69 Å². The first kappa shape index (κ1) is 20.5.